The Morgan fingerprint density at radius 3 is 2.69 bits per heavy atom. The SMILES string of the molecule is Cc1cccc(C(CNC(=O)c2sc3cccc(F)c3c2C)N2CCOCC2)c1. The molecule has 1 aliphatic heterocycles. The van der Waals surface area contributed by atoms with Crippen LogP contribution in [0.15, 0.2) is 42.5 Å². The first kappa shape index (κ1) is 20.0. The number of hydrogen-bond acceptors (Lipinski definition) is 4. The summed E-state index contributed by atoms with van der Waals surface area (Å²) in [5.74, 6) is -0.421. The topological polar surface area (TPSA) is 41.6 Å². The summed E-state index contributed by atoms with van der Waals surface area (Å²) in [6, 6.07) is 13.5. The predicted octanol–water partition coefficient (Wildman–Crippen LogP) is 4.46. The first-order chi connectivity index (χ1) is 14.0. The molecule has 1 N–H and O–H groups in total. The lowest BCUT2D eigenvalue weighted by Crippen LogP contribution is -2.43. The molecule has 1 fully saturated rings. The summed E-state index contributed by atoms with van der Waals surface area (Å²) in [6.45, 7) is 7.46. The smallest absolute Gasteiger partial charge is 0.261 e. The summed E-state index contributed by atoms with van der Waals surface area (Å²) in [5, 5.41) is 3.65. The van der Waals surface area contributed by atoms with Gasteiger partial charge in [0.2, 0.25) is 0 Å². The van der Waals surface area contributed by atoms with E-state index in [9.17, 15) is 9.18 Å². The summed E-state index contributed by atoms with van der Waals surface area (Å²) in [5.41, 5.74) is 3.09. The molecule has 0 aliphatic carbocycles. The lowest BCUT2D eigenvalue weighted by Gasteiger charge is -2.35. The Morgan fingerprint density at radius 2 is 1.97 bits per heavy atom. The largest absolute Gasteiger partial charge is 0.379 e. The number of hydrogen-bond donors (Lipinski definition) is 1. The van der Waals surface area contributed by atoms with E-state index in [1.807, 2.05) is 13.0 Å². The van der Waals surface area contributed by atoms with Gasteiger partial charge in [0, 0.05) is 29.7 Å². The first-order valence-corrected chi connectivity index (χ1v) is 10.7. The van der Waals surface area contributed by atoms with Crippen molar-refractivity contribution in [3.63, 3.8) is 0 Å². The lowest BCUT2D eigenvalue weighted by atomic mass is 10.0. The van der Waals surface area contributed by atoms with Gasteiger partial charge in [-0.25, -0.2) is 4.39 Å². The van der Waals surface area contributed by atoms with Crippen LogP contribution in [0.5, 0.6) is 0 Å². The Balaban J connectivity index is 1.56. The molecule has 1 amide bonds. The third-order valence-electron chi connectivity index (χ3n) is 5.48. The van der Waals surface area contributed by atoms with Crippen molar-refractivity contribution < 1.29 is 13.9 Å². The van der Waals surface area contributed by atoms with Crippen molar-refractivity contribution >= 4 is 27.3 Å². The van der Waals surface area contributed by atoms with Gasteiger partial charge in [0.1, 0.15) is 5.82 Å². The van der Waals surface area contributed by atoms with Gasteiger partial charge in [0.05, 0.1) is 24.1 Å². The van der Waals surface area contributed by atoms with E-state index >= 15 is 0 Å². The third kappa shape index (κ3) is 4.20. The number of fused-ring (bicyclic) bond motifs is 1. The molecule has 1 unspecified atom stereocenters. The van der Waals surface area contributed by atoms with Crippen LogP contribution < -0.4 is 5.32 Å². The molecular formula is C23H25FN2O2S. The minimum atomic E-state index is -0.277. The molecule has 0 spiro atoms. The van der Waals surface area contributed by atoms with E-state index in [1.54, 1.807) is 6.07 Å². The number of carbonyl (C=O) groups is 1. The number of halogens is 1. The minimum absolute atomic E-state index is 0.0779. The third-order valence-corrected chi connectivity index (χ3v) is 6.73. The van der Waals surface area contributed by atoms with Gasteiger partial charge in [0.25, 0.3) is 5.91 Å². The van der Waals surface area contributed by atoms with E-state index in [0.29, 0.717) is 35.6 Å². The van der Waals surface area contributed by atoms with Crippen LogP contribution in [-0.2, 0) is 4.74 Å². The molecule has 2 aromatic carbocycles. The normalized spacial score (nSPS) is 16.1. The Hall–Kier alpha value is -2.28. The monoisotopic (exact) mass is 412 g/mol. The van der Waals surface area contributed by atoms with E-state index in [-0.39, 0.29) is 17.8 Å². The van der Waals surface area contributed by atoms with Crippen molar-refractivity contribution in [1.82, 2.24) is 10.2 Å². The van der Waals surface area contributed by atoms with Gasteiger partial charge in [-0.05, 0) is 37.1 Å². The standard InChI is InChI=1S/C23H25FN2O2S/c1-15-5-3-6-17(13-15)19(26-9-11-28-12-10-26)14-25-23(27)22-16(2)21-18(24)7-4-8-20(21)29-22/h3-8,13,19H,9-12,14H2,1-2H3,(H,25,27). The average Bonchev–Trinajstić information content (AvgIpc) is 3.07. The van der Waals surface area contributed by atoms with Crippen molar-refractivity contribution in [2.45, 2.75) is 19.9 Å². The zero-order valence-electron chi connectivity index (χ0n) is 16.7. The van der Waals surface area contributed by atoms with E-state index < -0.39 is 0 Å². The number of aryl methyl sites for hydroxylation is 2. The van der Waals surface area contributed by atoms with Gasteiger partial charge in [-0.3, -0.25) is 9.69 Å². The fourth-order valence-corrected chi connectivity index (χ4v) is 5.10. The Labute approximate surface area is 174 Å². The molecule has 1 aliphatic rings. The number of amides is 1. The van der Waals surface area contributed by atoms with Crippen LogP contribution >= 0.6 is 11.3 Å². The quantitative estimate of drug-likeness (QED) is 0.673. The molecule has 1 atom stereocenters. The van der Waals surface area contributed by atoms with Crippen LogP contribution in [0.25, 0.3) is 10.1 Å². The summed E-state index contributed by atoms with van der Waals surface area (Å²) < 4.78 is 20.5. The molecule has 0 saturated carbocycles. The maximum Gasteiger partial charge on any atom is 0.261 e. The molecule has 6 heteroatoms. The van der Waals surface area contributed by atoms with Gasteiger partial charge in [-0.2, -0.15) is 0 Å². The molecule has 3 aromatic rings. The average molecular weight is 413 g/mol. The number of nitrogens with zero attached hydrogens (tertiary/aromatic N) is 1. The van der Waals surface area contributed by atoms with Crippen LogP contribution in [0.2, 0.25) is 0 Å². The van der Waals surface area contributed by atoms with Crippen LogP contribution in [0, 0.1) is 19.7 Å². The van der Waals surface area contributed by atoms with Gasteiger partial charge in [0.15, 0.2) is 0 Å². The number of carbonyl (C=O) groups excluding carboxylic acids is 1. The molecule has 0 radical (unpaired) electrons. The molecule has 29 heavy (non-hydrogen) atoms. The Bertz CT molecular complexity index is 1030. The molecule has 1 aromatic heterocycles. The van der Waals surface area contributed by atoms with Crippen molar-refractivity contribution in [3.8, 4) is 0 Å². The van der Waals surface area contributed by atoms with Crippen molar-refractivity contribution in [2.24, 2.45) is 0 Å². The van der Waals surface area contributed by atoms with Crippen LogP contribution in [0.4, 0.5) is 4.39 Å². The Kier molecular flexibility index (Phi) is 5.94. The van der Waals surface area contributed by atoms with Crippen molar-refractivity contribution in [2.75, 3.05) is 32.8 Å². The highest BCUT2D eigenvalue weighted by molar-refractivity contribution is 7.21. The summed E-state index contributed by atoms with van der Waals surface area (Å²) in [7, 11) is 0. The van der Waals surface area contributed by atoms with Gasteiger partial charge in [-0.1, -0.05) is 35.9 Å². The van der Waals surface area contributed by atoms with Crippen LogP contribution in [-0.4, -0.2) is 43.7 Å². The highest BCUT2D eigenvalue weighted by atomic mass is 32.1. The van der Waals surface area contributed by atoms with E-state index in [2.05, 4.69) is 41.4 Å². The highest BCUT2D eigenvalue weighted by Crippen LogP contribution is 2.32. The lowest BCUT2D eigenvalue weighted by molar-refractivity contribution is 0.0162. The molecule has 4 rings (SSSR count). The van der Waals surface area contributed by atoms with Crippen LogP contribution in [0.1, 0.15) is 32.4 Å². The highest BCUT2D eigenvalue weighted by Gasteiger charge is 2.25. The second kappa shape index (κ2) is 8.61. The van der Waals surface area contributed by atoms with E-state index in [4.69, 9.17) is 4.74 Å². The Morgan fingerprint density at radius 1 is 1.21 bits per heavy atom. The summed E-state index contributed by atoms with van der Waals surface area (Å²) >= 11 is 1.35. The van der Waals surface area contributed by atoms with Crippen molar-refractivity contribution in [1.29, 1.82) is 0 Å². The zero-order chi connectivity index (χ0) is 20.4. The number of thiophene rings is 1. The molecular weight excluding hydrogens is 387 g/mol. The van der Waals surface area contributed by atoms with Crippen LogP contribution in [0.3, 0.4) is 0 Å². The van der Waals surface area contributed by atoms with Gasteiger partial charge < -0.3 is 10.1 Å². The minimum Gasteiger partial charge on any atom is -0.379 e. The fourth-order valence-electron chi connectivity index (χ4n) is 3.96. The first-order valence-electron chi connectivity index (χ1n) is 9.89. The molecule has 1 saturated heterocycles. The molecule has 152 valence electrons. The van der Waals surface area contributed by atoms with Gasteiger partial charge >= 0.3 is 0 Å². The predicted molar refractivity (Wildman–Crippen MR) is 115 cm³/mol. The second-order valence-electron chi connectivity index (χ2n) is 7.46. The van der Waals surface area contributed by atoms with E-state index in [0.717, 1.165) is 17.8 Å². The maximum absolute atomic E-state index is 14.2. The second-order valence-corrected chi connectivity index (χ2v) is 8.51. The fraction of sp³-hybridized carbons (Fsp3) is 0.348. The van der Waals surface area contributed by atoms with Gasteiger partial charge in [-0.15, -0.1) is 11.3 Å². The number of ether oxygens (including phenoxy) is 1. The zero-order valence-corrected chi connectivity index (χ0v) is 17.5. The van der Waals surface area contributed by atoms with Crippen molar-refractivity contribution in [3.05, 3.63) is 69.8 Å². The number of morpholine rings is 1. The number of benzene rings is 2. The van der Waals surface area contributed by atoms with E-state index in [1.165, 1.54) is 28.5 Å². The summed E-state index contributed by atoms with van der Waals surface area (Å²) in [4.78, 5) is 15.9. The summed E-state index contributed by atoms with van der Waals surface area (Å²) in [6.07, 6.45) is 0. The molecule has 4 nitrogen and oxygen atoms in total. The number of nitrogens with one attached hydrogen (secondary N) is 1. The maximum atomic E-state index is 14.2. The number of rotatable bonds is 5. The molecule has 2 heterocycles. The molecule has 0 bridgehead atoms.